The number of thiazole rings is 1. The van der Waals surface area contributed by atoms with Crippen LogP contribution in [0, 0.1) is 6.92 Å². The summed E-state index contributed by atoms with van der Waals surface area (Å²) in [4.78, 5) is 22.7. The van der Waals surface area contributed by atoms with Crippen LogP contribution in [0.15, 0.2) is 29.6 Å². The molecule has 0 bridgehead atoms. The first-order valence-electron chi connectivity index (χ1n) is 8.98. The summed E-state index contributed by atoms with van der Waals surface area (Å²) in [7, 11) is 0. The molecular weight excluding hydrogens is 434 g/mol. The molecule has 0 aliphatic carbocycles. The van der Waals surface area contributed by atoms with Gasteiger partial charge in [-0.1, -0.05) is 17.7 Å². The summed E-state index contributed by atoms with van der Waals surface area (Å²) in [6.07, 6.45) is 0. The molecule has 1 fully saturated rings. The van der Waals surface area contributed by atoms with Crippen molar-refractivity contribution in [3.8, 4) is 9.88 Å². The molecule has 4 heterocycles. The molecule has 1 saturated heterocycles. The highest BCUT2D eigenvalue weighted by molar-refractivity contribution is 7.24. The van der Waals surface area contributed by atoms with E-state index in [1.54, 1.807) is 11.3 Å². The number of aryl methyl sites for hydroxylation is 1. The Bertz CT molecular complexity index is 932. The second kappa shape index (κ2) is 9.02. The first-order valence-corrected chi connectivity index (χ1v) is 11.9. The number of carbonyl (C=O) groups is 1. The largest absolute Gasteiger partial charge is 0.379 e. The van der Waals surface area contributed by atoms with Gasteiger partial charge >= 0.3 is 0 Å². The van der Waals surface area contributed by atoms with Gasteiger partial charge in [0.05, 0.1) is 34.2 Å². The van der Waals surface area contributed by atoms with Crippen LogP contribution in [0.5, 0.6) is 0 Å². The van der Waals surface area contributed by atoms with E-state index in [4.69, 9.17) is 16.3 Å². The summed E-state index contributed by atoms with van der Waals surface area (Å²) in [5.74, 6) is -0.0706. The zero-order valence-electron chi connectivity index (χ0n) is 15.3. The predicted molar refractivity (Wildman–Crippen MR) is 117 cm³/mol. The Balaban J connectivity index is 1.47. The van der Waals surface area contributed by atoms with Crippen LogP contribution in [0.4, 0.5) is 0 Å². The Morgan fingerprint density at radius 1 is 1.32 bits per heavy atom. The number of carbonyl (C=O) groups excluding carboxylic acids is 1. The van der Waals surface area contributed by atoms with Crippen LogP contribution in [-0.4, -0.2) is 48.6 Å². The highest BCUT2D eigenvalue weighted by atomic mass is 35.5. The molecule has 1 atom stereocenters. The lowest BCUT2D eigenvalue weighted by Crippen LogP contribution is -2.43. The molecule has 0 aromatic carbocycles. The molecule has 1 N–H and O–H groups in total. The van der Waals surface area contributed by atoms with Crippen molar-refractivity contribution < 1.29 is 9.53 Å². The van der Waals surface area contributed by atoms with E-state index >= 15 is 0 Å². The van der Waals surface area contributed by atoms with E-state index in [9.17, 15) is 4.79 Å². The zero-order chi connectivity index (χ0) is 19.5. The van der Waals surface area contributed by atoms with Crippen molar-refractivity contribution in [2.24, 2.45) is 0 Å². The summed E-state index contributed by atoms with van der Waals surface area (Å²) in [6, 6.07) is 8.15. The van der Waals surface area contributed by atoms with Crippen LogP contribution in [0.1, 0.15) is 26.3 Å². The molecule has 9 heteroatoms. The Morgan fingerprint density at radius 2 is 2.14 bits per heavy atom. The van der Waals surface area contributed by atoms with Gasteiger partial charge in [-0.25, -0.2) is 4.98 Å². The molecule has 5 nitrogen and oxygen atoms in total. The first kappa shape index (κ1) is 20.0. The average Bonchev–Trinajstić information content (AvgIpc) is 3.44. The number of thiophene rings is 2. The van der Waals surface area contributed by atoms with Crippen molar-refractivity contribution in [3.63, 3.8) is 0 Å². The summed E-state index contributed by atoms with van der Waals surface area (Å²) in [6.45, 7) is 5.66. The fourth-order valence-electron chi connectivity index (χ4n) is 3.19. The van der Waals surface area contributed by atoms with E-state index in [-0.39, 0.29) is 11.9 Å². The Hall–Kier alpha value is -1.29. The fraction of sp³-hybridized carbons (Fsp3) is 0.368. The van der Waals surface area contributed by atoms with Gasteiger partial charge in [0.1, 0.15) is 9.88 Å². The lowest BCUT2D eigenvalue weighted by Gasteiger charge is -2.34. The number of ether oxygens (including phenoxy) is 1. The standard InChI is InChI=1S/C19H20ClN3O2S3/c1-12-17(28-19(22-12)15-4-5-16(20)27-15)18(24)21-11-13(14-3-2-10-26-14)23-6-8-25-9-7-23/h2-5,10,13H,6-9,11H2,1H3,(H,21,24). The van der Waals surface area contributed by atoms with Gasteiger partial charge in [0.15, 0.2) is 0 Å². The maximum absolute atomic E-state index is 12.9. The third-order valence-electron chi connectivity index (χ3n) is 4.60. The molecule has 0 saturated carbocycles. The molecule has 1 aliphatic heterocycles. The number of amides is 1. The summed E-state index contributed by atoms with van der Waals surface area (Å²) >= 11 is 10.6. The number of hydrogen-bond donors (Lipinski definition) is 1. The predicted octanol–water partition coefficient (Wildman–Crippen LogP) is 4.70. The second-order valence-corrected chi connectivity index (χ2v) is 10.1. The quantitative estimate of drug-likeness (QED) is 0.587. The number of nitrogens with one attached hydrogen (secondary N) is 1. The van der Waals surface area contributed by atoms with Crippen molar-refractivity contribution in [1.29, 1.82) is 0 Å². The minimum absolute atomic E-state index is 0.0706. The molecule has 148 valence electrons. The number of aromatic nitrogens is 1. The van der Waals surface area contributed by atoms with Gasteiger partial charge in [-0.3, -0.25) is 9.69 Å². The molecule has 1 aliphatic rings. The maximum Gasteiger partial charge on any atom is 0.263 e. The Kier molecular flexibility index (Phi) is 6.45. The number of morpholine rings is 1. The topological polar surface area (TPSA) is 54.5 Å². The first-order chi connectivity index (χ1) is 13.6. The van der Waals surface area contributed by atoms with Gasteiger partial charge in [-0.2, -0.15) is 0 Å². The number of nitrogens with zero attached hydrogens (tertiary/aromatic N) is 2. The van der Waals surface area contributed by atoms with Crippen LogP contribution < -0.4 is 5.32 Å². The number of hydrogen-bond acceptors (Lipinski definition) is 7. The molecule has 3 aromatic heterocycles. The summed E-state index contributed by atoms with van der Waals surface area (Å²) in [5, 5.41) is 6.04. The molecule has 0 radical (unpaired) electrons. The molecule has 28 heavy (non-hydrogen) atoms. The third kappa shape index (κ3) is 4.48. The SMILES string of the molecule is Cc1nc(-c2ccc(Cl)s2)sc1C(=O)NCC(c1cccs1)N1CCOCC1. The fourth-order valence-corrected chi connectivity index (χ4v) is 6.13. The third-order valence-corrected chi connectivity index (χ3v) is 8.13. The van der Waals surface area contributed by atoms with Gasteiger partial charge in [0.2, 0.25) is 0 Å². The van der Waals surface area contributed by atoms with Gasteiger partial charge in [-0.15, -0.1) is 34.0 Å². The van der Waals surface area contributed by atoms with Gasteiger partial charge in [0.25, 0.3) is 5.91 Å². The second-order valence-electron chi connectivity index (χ2n) is 6.43. The van der Waals surface area contributed by atoms with E-state index in [1.165, 1.54) is 27.6 Å². The van der Waals surface area contributed by atoms with Gasteiger partial charge in [-0.05, 0) is 30.5 Å². The molecule has 4 rings (SSSR count). The van der Waals surface area contributed by atoms with Crippen molar-refractivity contribution in [1.82, 2.24) is 15.2 Å². The normalized spacial score (nSPS) is 16.2. The summed E-state index contributed by atoms with van der Waals surface area (Å²) < 4.78 is 6.20. The average molecular weight is 454 g/mol. The van der Waals surface area contributed by atoms with Crippen molar-refractivity contribution in [2.75, 3.05) is 32.8 Å². The number of halogens is 1. The molecule has 0 spiro atoms. The van der Waals surface area contributed by atoms with Crippen molar-refractivity contribution >= 4 is 51.5 Å². The van der Waals surface area contributed by atoms with Crippen molar-refractivity contribution in [2.45, 2.75) is 13.0 Å². The van der Waals surface area contributed by atoms with E-state index in [0.29, 0.717) is 11.4 Å². The Morgan fingerprint density at radius 3 is 2.82 bits per heavy atom. The van der Waals surface area contributed by atoms with E-state index in [1.807, 2.05) is 19.1 Å². The molecule has 1 unspecified atom stereocenters. The molecule has 3 aromatic rings. The number of rotatable bonds is 6. The van der Waals surface area contributed by atoms with E-state index in [0.717, 1.165) is 46.2 Å². The van der Waals surface area contributed by atoms with Crippen molar-refractivity contribution in [3.05, 3.63) is 49.4 Å². The minimum atomic E-state index is -0.0706. The maximum atomic E-state index is 12.9. The van der Waals surface area contributed by atoms with Crippen LogP contribution in [0.2, 0.25) is 4.34 Å². The minimum Gasteiger partial charge on any atom is -0.379 e. The van der Waals surface area contributed by atoms with Gasteiger partial charge in [0, 0.05) is 24.5 Å². The Labute approximate surface area is 180 Å². The highest BCUT2D eigenvalue weighted by Gasteiger charge is 2.25. The lowest BCUT2D eigenvalue weighted by atomic mass is 10.2. The van der Waals surface area contributed by atoms with Crippen LogP contribution in [-0.2, 0) is 4.74 Å². The lowest BCUT2D eigenvalue weighted by molar-refractivity contribution is 0.0169. The summed E-state index contributed by atoms with van der Waals surface area (Å²) in [5.41, 5.74) is 0.751. The monoisotopic (exact) mass is 453 g/mol. The van der Waals surface area contributed by atoms with E-state index in [2.05, 4.69) is 32.7 Å². The molecular formula is C19H20ClN3O2S3. The molecule has 1 amide bonds. The smallest absolute Gasteiger partial charge is 0.263 e. The highest BCUT2D eigenvalue weighted by Crippen LogP contribution is 2.35. The van der Waals surface area contributed by atoms with Gasteiger partial charge < -0.3 is 10.1 Å². The van der Waals surface area contributed by atoms with Crippen LogP contribution in [0.3, 0.4) is 0 Å². The zero-order valence-corrected chi connectivity index (χ0v) is 18.5. The van der Waals surface area contributed by atoms with Crippen LogP contribution >= 0.6 is 45.6 Å². The van der Waals surface area contributed by atoms with E-state index < -0.39 is 0 Å². The van der Waals surface area contributed by atoms with Crippen LogP contribution in [0.25, 0.3) is 9.88 Å².